The lowest BCUT2D eigenvalue weighted by molar-refractivity contribution is 0.0932. The second-order valence-electron chi connectivity index (χ2n) is 6.07. The van der Waals surface area contributed by atoms with E-state index in [1.807, 2.05) is 56.6 Å². The topological polar surface area (TPSA) is 56.4 Å². The van der Waals surface area contributed by atoms with Crippen molar-refractivity contribution in [3.05, 3.63) is 48.0 Å². The van der Waals surface area contributed by atoms with E-state index >= 15 is 0 Å². The van der Waals surface area contributed by atoms with Gasteiger partial charge < -0.3 is 10.2 Å². The minimum absolute atomic E-state index is 0.0380. The van der Waals surface area contributed by atoms with Gasteiger partial charge in [0.05, 0.1) is 6.17 Å². The fraction of sp³-hybridized carbons (Fsp3) is 0.353. The molecule has 2 unspecified atom stereocenters. The van der Waals surface area contributed by atoms with Gasteiger partial charge in [0.2, 0.25) is 0 Å². The number of rotatable bonds is 4. The third-order valence-corrected chi connectivity index (χ3v) is 3.88. The molecule has 2 aromatic carbocycles. The molecule has 3 N–H and O–H groups in total. The highest BCUT2D eigenvalue weighted by Crippen LogP contribution is 2.16. The molecule has 0 saturated carbocycles. The van der Waals surface area contributed by atoms with Crippen LogP contribution >= 0.6 is 0 Å². The molecule has 22 heavy (non-hydrogen) atoms. The Morgan fingerprint density at radius 1 is 1.18 bits per heavy atom. The van der Waals surface area contributed by atoms with Crippen molar-refractivity contribution >= 4 is 16.7 Å². The first-order valence-corrected chi connectivity index (χ1v) is 7.57. The third-order valence-electron chi connectivity index (χ3n) is 3.88. The van der Waals surface area contributed by atoms with Gasteiger partial charge in [0.15, 0.2) is 0 Å². The van der Waals surface area contributed by atoms with E-state index in [1.165, 1.54) is 0 Å². The van der Waals surface area contributed by atoms with Crippen LogP contribution in [0.4, 0.5) is 0 Å². The van der Waals surface area contributed by atoms with Crippen molar-refractivity contribution in [1.82, 2.24) is 21.1 Å². The van der Waals surface area contributed by atoms with Crippen molar-refractivity contribution < 1.29 is 4.79 Å². The van der Waals surface area contributed by atoms with E-state index in [1.54, 1.807) is 0 Å². The van der Waals surface area contributed by atoms with E-state index in [9.17, 15) is 4.79 Å². The van der Waals surface area contributed by atoms with E-state index < -0.39 is 0 Å². The summed E-state index contributed by atoms with van der Waals surface area (Å²) in [6, 6.07) is 14.2. The number of carbonyl (C=O) groups is 1. The Labute approximate surface area is 130 Å². The predicted octanol–water partition coefficient (Wildman–Crippen LogP) is 1.32. The summed E-state index contributed by atoms with van der Waals surface area (Å²) in [5, 5.41) is 5.26. The first-order valence-electron chi connectivity index (χ1n) is 7.57. The Hall–Kier alpha value is -1.95. The van der Waals surface area contributed by atoms with Crippen LogP contribution in [0.2, 0.25) is 0 Å². The Balaban J connectivity index is 1.64. The zero-order valence-electron chi connectivity index (χ0n) is 13.0. The smallest absolute Gasteiger partial charge is 0.252 e. The average Bonchev–Trinajstić information content (AvgIpc) is 2.93. The van der Waals surface area contributed by atoms with Gasteiger partial charge in [0, 0.05) is 24.6 Å². The summed E-state index contributed by atoms with van der Waals surface area (Å²) in [6.07, 6.45) is 0.834. The lowest BCUT2D eigenvalue weighted by atomic mass is 10.1. The van der Waals surface area contributed by atoms with Gasteiger partial charge in [-0.2, -0.15) is 0 Å². The largest absolute Gasteiger partial charge is 0.335 e. The summed E-state index contributed by atoms with van der Waals surface area (Å²) < 4.78 is 0. The molecule has 0 bridgehead atoms. The standard InChI is InChI=1S/C17H22N4O/c1-21(2)11-15-10-16(20-19-15)18-17(22)14-8-7-12-5-3-4-6-13(12)9-14/h3-9,15-16,19-20H,10-11H2,1-2H3,(H,18,22). The Kier molecular flexibility index (Phi) is 4.38. The van der Waals surface area contributed by atoms with Crippen molar-refractivity contribution in [1.29, 1.82) is 0 Å². The van der Waals surface area contributed by atoms with Gasteiger partial charge in [-0.3, -0.25) is 10.2 Å². The monoisotopic (exact) mass is 298 g/mol. The molecule has 5 nitrogen and oxygen atoms in total. The number of hydrogen-bond acceptors (Lipinski definition) is 4. The summed E-state index contributed by atoms with van der Waals surface area (Å²) in [6.45, 7) is 0.940. The van der Waals surface area contributed by atoms with Gasteiger partial charge in [-0.15, -0.1) is 0 Å². The molecular formula is C17H22N4O. The van der Waals surface area contributed by atoms with Gasteiger partial charge in [-0.25, -0.2) is 5.43 Å². The molecule has 1 heterocycles. The number of hydrogen-bond donors (Lipinski definition) is 3. The maximum Gasteiger partial charge on any atom is 0.252 e. The van der Waals surface area contributed by atoms with Crippen LogP contribution in [-0.2, 0) is 0 Å². The van der Waals surface area contributed by atoms with Crippen molar-refractivity contribution in [2.75, 3.05) is 20.6 Å². The predicted molar refractivity (Wildman–Crippen MR) is 88.4 cm³/mol. The number of nitrogens with zero attached hydrogens (tertiary/aromatic N) is 1. The number of carbonyl (C=O) groups excluding carboxylic acids is 1. The Bertz CT molecular complexity index is 671. The molecule has 1 amide bonds. The maximum absolute atomic E-state index is 12.4. The van der Waals surface area contributed by atoms with Gasteiger partial charge >= 0.3 is 0 Å². The van der Waals surface area contributed by atoms with Crippen LogP contribution in [0.3, 0.4) is 0 Å². The van der Waals surface area contributed by atoms with Crippen molar-refractivity contribution in [2.24, 2.45) is 0 Å². The number of hydrazine groups is 1. The maximum atomic E-state index is 12.4. The van der Waals surface area contributed by atoms with Crippen molar-refractivity contribution in [2.45, 2.75) is 18.6 Å². The van der Waals surface area contributed by atoms with E-state index in [2.05, 4.69) is 21.1 Å². The van der Waals surface area contributed by atoms with Crippen molar-refractivity contribution in [3.63, 3.8) is 0 Å². The molecule has 1 saturated heterocycles. The van der Waals surface area contributed by atoms with Crippen LogP contribution in [0.15, 0.2) is 42.5 Å². The highest BCUT2D eigenvalue weighted by molar-refractivity contribution is 5.98. The number of benzene rings is 2. The molecule has 116 valence electrons. The van der Waals surface area contributed by atoms with Crippen LogP contribution in [0.1, 0.15) is 16.8 Å². The summed E-state index contributed by atoms with van der Waals surface area (Å²) in [7, 11) is 4.09. The molecule has 0 aliphatic carbocycles. The second-order valence-corrected chi connectivity index (χ2v) is 6.07. The summed E-state index contributed by atoms with van der Waals surface area (Å²) in [5.41, 5.74) is 7.05. The minimum atomic E-state index is -0.0458. The van der Waals surface area contributed by atoms with Gasteiger partial charge in [-0.05, 0) is 37.0 Å². The quantitative estimate of drug-likeness (QED) is 0.797. The summed E-state index contributed by atoms with van der Waals surface area (Å²) >= 11 is 0. The van der Waals surface area contributed by atoms with E-state index in [0.29, 0.717) is 11.6 Å². The van der Waals surface area contributed by atoms with Crippen molar-refractivity contribution in [3.8, 4) is 0 Å². The Morgan fingerprint density at radius 3 is 2.73 bits per heavy atom. The number of nitrogens with one attached hydrogen (secondary N) is 3. The highest BCUT2D eigenvalue weighted by atomic mass is 16.1. The van der Waals surface area contributed by atoms with Gasteiger partial charge in [0.25, 0.3) is 5.91 Å². The normalized spacial score (nSPS) is 21.4. The van der Waals surface area contributed by atoms with Crippen LogP contribution in [-0.4, -0.2) is 43.7 Å². The van der Waals surface area contributed by atoms with Crippen LogP contribution < -0.4 is 16.2 Å². The fourth-order valence-corrected chi connectivity index (χ4v) is 2.85. The molecule has 2 aromatic rings. The molecule has 1 aliphatic rings. The van der Waals surface area contributed by atoms with Crippen LogP contribution in [0.25, 0.3) is 10.8 Å². The molecule has 1 fully saturated rings. The third kappa shape index (κ3) is 3.44. The fourth-order valence-electron chi connectivity index (χ4n) is 2.85. The SMILES string of the molecule is CN(C)CC1CC(NC(=O)c2ccc3ccccc3c2)NN1. The highest BCUT2D eigenvalue weighted by Gasteiger charge is 2.25. The molecule has 0 spiro atoms. The zero-order valence-corrected chi connectivity index (χ0v) is 13.0. The molecule has 0 radical (unpaired) electrons. The van der Waals surface area contributed by atoms with E-state index in [4.69, 9.17) is 0 Å². The number of amides is 1. The lowest BCUT2D eigenvalue weighted by Crippen LogP contribution is -2.44. The number of fused-ring (bicyclic) bond motifs is 1. The second kappa shape index (κ2) is 6.44. The summed E-state index contributed by atoms with van der Waals surface area (Å²) in [4.78, 5) is 14.5. The zero-order chi connectivity index (χ0) is 15.5. The lowest BCUT2D eigenvalue weighted by Gasteiger charge is -2.15. The molecule has 5 heteroatoms. The first kappa shape index (κ1) is 15.0. The minimum Gasteiger partial charge on any atom is -0.335 e. The average molecular weight is 298 g/mol. The van der Waals surface area contributed by atoms with E-state index in [0.717, 1.165) is 23.7 Å². The molecule has 2 atom stereocenters. The van der Waals surface area contributed by atoms with Crippen LogP contribution in [0.5, 0.6) is 0 Å². The Morgan fingerprint density at radius 2 is 1.95 bits per heavy atom. The summed E-state index contributed by atoms with van der Waals surface area (Å²) in [5.74, 6) is -0.0458. The molecule has 0 aromatic heterocycles. The van der Waals surface area contributed by atoms with Gasteiger partial charge in [0.1, 0.15) is 0 Å². The molecular weight excluding hydrogens is 276 g/mol. The van der Waals surface area contributed by atoms with Crippen LogP contribution in [0, 0.1) is 0 Å². The first-order chi connectivity index (χ1) is 10.6. The number of likely N-dealkylation sites (N-methyl/N-ethyl adjacent to an activating group) is 1. The molecule has 3 rings (SSSR count). The molecule has 1 aliphatic heterocycles. The van der Waals surface area contributed by atoms with E-state index in [-0.39, 0.29) is 12.1 Å². The van der Waals surface area contributed by atoms with Gasteiger partial charge in [-0.1, -0.05) is 30.3 Å².